The van der Waals surface area contributed by atoms with Crippen molar-refractivity contribution < 1.29 is 0 Å². The Bertz CT molecular complexity index is 627. The van der Waals surface area contributed by atoms with Gasteiger partial charge in [0.15, 0.2) is 0 Å². The van der Waals surface area contributed by atoms with Crippen molar-refractivity contribution in [3.8, 4) is 0 Å². The highest BCUT2D eigenvalue weighted by molar-refractivity contribution is 7.05. The maximum Gasteiger partial charge on any atom is 0.0857 e. The summed E-state index contributed by atoms with van der Waals surface area (Å²) in [6.07, 6.45) is 2.33. The van der Waals surface area contributed by atoms with Crippen LogP contribution in [0.2, 0.25) is 0 Å². The molecule has 2 unspecified atom stereocenters. The minimum absolute atomic E-state index is 0.0505. The fourth-order valence-electron chi connectivity index (χ4n) is 3.16. The van der Waals surface area contributed by atoms with Gasteiger partial charge >= 0.3 is 0 Å². The number of fused-ring (bicyclic) bond motifs is 1. The molecule has 3 nitrogen and oxygen atoms in total. The van der Waals surface area contributed by atoms with Crippen LogP contribution in [-0.4, -0.2) is 16.6 Å². The quantitative estimate of drug-likeness (QED) is 0.932. The van der Waals surface area contributed by atoms with Crippen molar-refractivity contribution in [3.63, 3.8) is 0 Å². The van der Waals surface area contributed by atoms with Crippen molar-refractivity contribution in [3.05, 3.63) is 46.0 Å². The molecule has 1 aliphatic carbocycles. The van der Waals surface area contributed by atoms with Gasteiger partial charge in [0.25, 0.3) is 0 Å². The van der Waals surface area contributed by atoms with E-state index in [4.69, 9.17) is 0 Å². The summed E-state index contributed by atoms with van der Waals surface area (Å²) in [4.78, 5) is 1.30. The van der Waals surface area contributed by atoms with Crippen molar-refractivity contribution >= 4 is 11.5 Å². The van der Waals surface area contributed by atoms with Crippen LogP contribution in [0.1, 0.15) is 60.8 Å². The van der Waals surface area contributed by atoms with Gasteiger partial charge in [-0.1, -0.05) is 49.5 Å². The molecule has 2 aromatic rings. The monoisotopic (exact) mass is 301 g/mol. The van der Waals surface area contributed by atoms with E-state index in [2.05, 4.69) is 59.9 Å². The van der Waals surface area contributed by atoms with Gasteiger partial charge in [-0.05, 0) is 48.5 Å². The van der Waals surface area contributed by atoms with Gasteiger partial charge < -0.3 is 5.32 Å². The summed E-state index contributed by atoms with van der Waals surface area (Å²) in [5.74, 6) is 0.661. The maximum absolute atomic E-state index is 4.38. The van der Waals surface area contributed by atoms with Gasteiger partial charge in [0.1, 0.15) is 0 Å². The second-order valence-corrected chi connectivity index (χ2v) is 7.70. The third-order valence-corrected chi connectivity index (χ3v) is 5.21. The zero-order chi connectivity index (χ0) is 15.0. The summed E-state index contributed by atoms with van der Waals surface area (Å²) < 4.78 is 4.20. The molecule has 0 fully saturated rings. The molecule has 1 aromatic carbocycles. The van der Waals surface area contributed by atoms with E-state index in [1.54, 1.807) is 11.5 Å². The molecule has 1 aromatic heterocycles. The zero-order valence-electron chi connectivity index (χ0n) is 13.2. The van der Waals surface area contributed by atoms with E-state index in [1.807, 2.05) is 7.05 Å². The lowest BCUT2D eigenvalue weighted by molar-refractivity contribution is 0.446. The zero-order valence-corrected chi connectivity index (χ0v) is 14.0. The van der Waals surface area contributed by atoms with E-state index in [1.165, 1.54) is 22.4 Å². The Morgan fingerprint density at radius 1 is 1.33 bits per heavy atom. The topological polar surface area (TPSA) is 37.8 Å². The molecule has 112 valence electrons. The number of nitrogens with one attached hydrogen (secondary N) is 1. The molecule has 0 bridgehead atoms. The van der Waals surface area contributed by atoms with Gasteiger partial charge in [0.2, 0.25) is 0 Å². The van der Waals surface area contributed by atoms with Crippen LogP contribution in [0.4, 0.5) is 0 Å². The molecule has 0 saturated heterocycles. The largest absolute Gasteiger partial charge is 0.312 e. The van der Waals surface area contributed by atoms with E-state index in [-0.39, 0.29) is 5.41 Å². The van der Waals surface area contributed by atoms with E-state index >= 15 is 0 Å². The highest BCUT2D eigenvalue weighted by atomic mass is 32.1. The predicted octanol–water partition coefficient (Wildman–Crippen LogP) is 3.83. The van der Waals surface area contributed by atoms with Gasteiger partial charge in [0.05, 0.1) is 10.6 Å². The average molecular weight is 301 g/mol. The third kappa shape index (κ3) is 2.74. The summed E-state index contributed by atoms with van der Waals surface area (Å²) in [6, 6.07) is 9.14. The molecule has 1 heterocycles. The summed E-state index contributed by atoms with van der Waals surface area (Å²) in [7, 11) is 2.04. The van der Waals surface area contributed by atoms with Gasteiger partial charge in [-0.3, -0.25) is 0 Å². The second-order valence-electron chi connectivity index (χ2n) is 6.91. The number of hydrogen-bond donors (Lipinski definition) is 1. The number of benzene rings is 1. The molecule has 0 aliphatic heterocycles. The SMILES string of the molecule is CNC(CC1Cc2ccccc21)c1snnc1C(C)(C)C. The number of aromatic nitrogens is 2. The van der Waals surface area contributed by atoms with Gasteiger partial charge in [0, 0.05) is 11.5 Å². The normalized spacial score (nSPS) is 19.0. The fraction of sp³-hybridized carbons (Fsp3) is 0.529. The molecule has 2 atom stereocenters. The molecule has 0 amide bonds. The minimum atomic E-state index is 0.0505. The molecular weight excluding hydrogens is 278 g/mol. The molecule has 1 N–H and O–H groups in total. The van der Waals surface area contributed by atoms with Crippen molar-refractivity contribution in [2.75, 3.05) is 7.05 Å². The summed E-state index contributed by atoms with van der Waals surface area (Å²) in [6.45, 7) is 6.62. The Labute approximate surface area is 131 Å². The molecule has 0 saturated carbocycles. The van der Waals surface area contributed by atoms with Crippen LogP contribution >= 0.6 is 11.5 Å². The lowest BCUT2D eigenvalue weighted by Gasteiger charge is -2.33. The first kappa shape index (κ1) is 14.7. The van der Waals surface area contributed by atoms with E-state index in [0.29, 0.717) is 12.0 Å². The molecule has 21 heavy (non-hydrogen) atoms. The Balaban J connectivity index is 1.80. The lowest BCUT2D eigenvalue weighted by atomic mass is 9.74. The van der Waals surface area contributed by atoms with Gasteiger partial charge in [-0.25, -0.2) is 0 Å². The van der Waals surface area contributed by atoms with E-state index in [0.717, 1.165) is 12.1 Å². The molecule has 3 rings (SSSR count). The first-order valence-corrected chi connectivity index (χ1v) is 8.36. The number of hydrogen-bond acceptors (Lipinski definition) is 4. The Morgan fingerprint density at radius 2 is 2.10 bits per heavy atom. The van der Waals surface area contributed by atoms with Crippen LogP contribution in [0.25, 0.3) is 0 Å². The van der Waals surface area contributed by atoms with Crippen LogP contribution in [0, 0.1) is 0 Å². The summed E-state index contributed by atoms with van der Waals surface area (Å²) in [5, 5.41) is 7.86. The number of rotatable bonds is 4. The van der Waals surface area contributed by atoms with Crippen LogP contribution in [0.3, 0.4) is 0 Å². The highest BCUT2D eigenvalue weighted by Crippen LogP contribution is 2.42. The van der Waals surface area contributed by atoms with Crippen molar-refractivity contribution in [1.82, 2.24) is 14.9 Å². The predicted molar refractivity (Wildman–Crippen MR) is 87.9 cm³/mol. The van der Waals surface area contributed by atoms with E-state index in [9.17, 15) is 0 Å². The van der Waals surface area contributed by atoms with Crippen molar-refractivity contribution in [1.29, 1.82) is 0 Å². The Hall–Kier alpha value is -1.26. The third-order valence-electron chi connectivity index (χ3n) is 4.37. The Kier molecular flexibility index (Phi) is 3.84. The summed E-state index contributed by atoms with van der Waals surface area (Å²) in [5.41, 5.74) is 4.22. The van der Waals surface area contributed by atoms with Gasteiger partial charge in [-0.2, -0.15) is 0 Å². The highest BCUT2D eigenvalue weighted by Gasteiger charge is 2.32. The van der Waals surface area contributed by atoms with Crippen LogP contribution < -0.4 is 5.32 Å². The van der Waals surface area contributed by atoms with Crippen molar-refractivity contribution in [2.45, 2.75) is 51.0 Å². The van der Waals surface area contributed by atoms with Crippen LogP contribution in [0.15, 0.2) is 24.3 Å². The molecule has 4 heteroatoms. The molecule has 0 spiro atoms. The van der Waals surface area contributed by atoms with Crippen molar-refractivity contribution in [2.24, 2.45) is 0 Å². The maximum atomic E-state index is 4.38. The second kappa shape index (κ2) is 5.50. The molecule has 0 radical (unpaired) electrons. The van der Waals surface area contributed by atoms with Crippen LogP contribution in [-0.2, 0) is 11.8 Å². The lowest BCUT2D eigenvalue weighted by Crippen LogP contribution is -2.26. The summed E-state index contributed by atoms with van der Waals surface area (Å²) >= 11 is 1.54. The van der Waals surface area contributed by atoms with Crippen LogP contribution in [0.5, 0.6) is 0 Å². The van der Waals surface area contributed by atoms with E-state index < -0.39 is 0 Å². The standard InChI is InChI=1S/C17H23N3S/c1-17(2,3)16-15(21-20-19-16)14(18-4)10-12-9-11-7-5-6-8-13(11)12/h5-8,12,14,18H,9-10H2,1-4H3. The smallest absolute Gasteiger partial charge is 0.0857 e. The minimum Gasteiger partial charge on any atom is -0.312 e. The first-order valence-electron chi connectivity index (χ1n) is 7.58. The fourth-order valence-corrected chi connectivity index (χ4v) is 4.14. The number of nitrogens with zero attached hydrogens (tertiary/aromatic N) is 2. The van der Waals surface area contributed by atoms with Gasteiger partial charge in [-0.15, -0.1) is 5.10 Å². The molecular formula is C17H23N3S. The Morgan fingerprint density at radius 3 is 2.76 bits per heavy atom. The first-order chi connectivity index (χ1) is 10.0. The molecule has 1 aliphatic rings. The average Bonchev–Trinajstić information content (AvgIpc) is 2.89.